The zero-order valence-electron chi connectivity index (χ0n) is 15.5. The Morgan fingerprint density at radius 3 is 2.46 bits per heavy atom. The van der Waals surface area contributed by atoms with Gasteiger partial charge in [0.15, 0.2) is 0 Å². The van der Waals surface area contributed by atoms with Crippen molar-refractivity contribution in [3.8, 4) is 11.4 Å². The molecule has 1 N–H and O–H groups in total. The summed E-state index contributed by atoms with van der Waals surface area (Å²) in [6.45, 7) is 7.86. The quantitative estimate of drug-likeness (QED) is 0.691. The molecule has 2 aromatic carbocycles. The molecule has 1 unspecified atom stereocenters. The molecule has 0 bridgehead atoms. The average Bonchev–Trinajstić information content (AvgIpc) is 3.11. The largest absolute Gasteiger partial charge is 0.492 e. The van der Waals surface area contributed by atoms with Gasteiger partial charge in [0.25, 0.3) is 0 Å². The van der Waals surface area contributed by atoms with E-state index in [1.165, 1.54) is 5.56 Å². The summed E-state index contributed by atoms with van der Waals surface area (Å²) in [7, 11) is -1.04. The number of hydrogen-bond donors (Lipinski definition) is 1. The Labute approximate surface area is 154 Å². The van der Waals surface area contributed by atoms with Crippen molar-refractivity contribution in [2.24, 2.45) is 0 Å². The summed E-state index contributed by atoms with van der Waals surface area (Å²) in [5.41, 5.74) is 3.67. The second-order valence-corrected chi connectivity index (χ2v) is 6.59. The fourth-order valence-electron chi connectivity index (χ4n) is 2.92. The Kier molecular flexibility index (Phi) is 5.49. The summed E-state index contributed by atoms with van der Waals surface area (Å²) in [5, 5.41) is 23.3. The van der Waals surface area contributed by atoms with Crippen LogP contribution in [0.15, 0.2) is 48.5 Å². The molecule has 26 heavy (non-hydrogen) atoms. The summed E-state index contributed by atoms with van der Waals surface area (Å²) >= 11 is 0. The maximum Gasteiger partial charge on any atom is 0.492 e. The molecule has 0 aliphatic heterocycles. The van der Waals surface area contributed by atoms with Gasteiger partial charge in [0.1, 0.15) is 0 Å². The first-order valence-electron chi connectivity index (χ1n) is 8.75. The minimum atomic E-state index is -1.04. The summed E-state index contributed by atoms with van der Waals surface area (Å²) in [6, 6.07) is 15.5. The molecule has 134 valence electrons. The highest BCUT2D eigenvalue weighted by Gasteiger charge is 2.24. The van der Waals surface area contributed by atoms with E-state index >= 15 is 0 Å². The SMILES string of the molecule is Cc1ccccc1C(C)n1nnc(-c2ccccc2B(O)OC(C)C)n1. The van der Waals surface area contributed by atoms with Crippen LogP contribution in [0.25, 0.3) is 11.4 Å². The summed E-state index contributed by atoms with van der Waals surface area (Å²) in [4.78, 5) is 1.60. The van der Waals surface area contributed by atoms with Gasteiger partial charge in [0, 0.05) is 11.7 Å². The molecular weight excluding hydrogens is 327 g/mol. The van der Waals surface area contributed by atoms with E-state index in [1.54, 1.807) is 4.80 Å². The fourth-order valence-corrected chi connectivity index (χ4v) is 2.92. The zero-order chi connectivity index (χ0) is 18.7. The van der Waals surface area contributed by atoms with Crippen LogP contribution in [0.5, 0.6) is 0 Å². The molecule has 6 nitrogen and oxygen atoms in total. The van der Waals surface area contributed by atoms with Crippen LogP contribution in [-0.4, -0.2) is 38.5 Å². The topological polar surface area (TPSA) is 73.1 Å². The van der Waals surface area contributed by atoms with Crippen molar-refractivity contribution >= 4 is 12.6 Å². The van der Waals surface area contributed by atoms with E-state index in [9.17, 15) is 5.02 Å². The van der Waals surface area contributed by atoms with Gasteiger partial charge in [0.05, 0.1) is 6.04 Å². The fraction of sp³-hybridized carbons (Fsp3) is 0.316. The van der Waals surface area contributed by atoms with Crippen LogP contribution < -0.4 is 5.46 Å². The molecule has 0 radical (unpaired) electrons. The van der Waals surface area contributed by atoms with Gasteiger partial charge in [-0.15, -0.1) is 10.2 Å². The molecule has 1 atom stereocenters. The van der Waals surface area contributed by atoms with Crippen LogP contribution in [0.1, 0.15) is 37.9 Å². The van der Waals surface area contributed by atoms with E-state index in [0.717, 1.165) is 5.56 Å². The smallest absolute Gasteiger partial charge is 0.423 e. The highest BCUT2D eigenvalue weighted by Crippen LogP contribution is 2.21. The Morgan fingerprint density at radius 1 is 1.04 bits per heavy atom. The Hall–Kier alpha value is -2.51. The maximum absolute atomic E-state index is 10.4. The summed E-state index contributed by atoms with van der Waals surface area (Å²) < 4.78 is 5.51. The third-order valence-corrected chi connectivity index (χ3v) is 4.28. The van der Waals surface area contributed by atoms with Crippen LogP contribution >= 0.6 is 0 Å². The lowest BCUT2D eigenvalue weighted by molar-refractivity contribution is 0.207. The molecule has 0 spiro atoms. The lowest BCUT2D eigenvalue weighted by atomic mass is 9.76. The first-order valence-corrected chi connectivity index (χ1v) is 8.75. The zero-order valence-corrected chi connectivity index (χ0v) is 15.5. The molecule has 1 heterocycles. The molecule has 0 aliphatic rings. The number of aryl methyl sites for hydroxylation is 1. The van der Waals surface area contributed by atoms with Gasteiger partial charge in [-0.05, 0) is 49.5 Å². The average molecular weight is 350 g/mol. The number of tetrazole rings is 1. The highest BCUT2D eigenvalue weighted by molar-refractivity contribution is 6.61. The van der Waals surface area contributed by atoms with Gasteiger partial charge < -0.3 is 9.68 Å². The minimum absolute atomic E-state index is 0.0403. The molecule has 1 aromatic heterocycles. The molecule has 0 amide bonds. The van der Waals surface area contributed by atoms with Gasteiger partial charge in [-0.1, -0.05) is 48.5 Å². The number of nitrogens with zero attached hydrogens (tertiary/aromatic N) is 4. The van der Waals surface area contributed by atoms with E-state index in [4.69, 9.17) is 4.65 Å². The maximum atomic E-state index is 10.4. The predicted molar refractivity (Wildman–Crippen MR) is 102 cm³/mol. The van der Waals surface area contributed by atoms with Crippen LogP contribution in [0, 0.1) is 6.92 Å². The molecule has 0 aliphatic carbocycles. The van der Waals surface area contributed by atoms with Gasteiger partial charge in [0.2, 0.25) is 5.82 Å². The monoisotopic (exact) mass is 350 g/mol. The van der Waals surface area contributed by atoms with Crippen molar-refractivity contribution in [2.45, 2.75) is 39.8 Å². The standard InChI is InChI=1S/C19H23BN4O2/c1-13(2)26-20(25)18-12-8-7-11-17(18)19-21-23-24(22-19)15(4)16-10-6-5-9-14(16)3/h5-13,15,25H,1-4H3. The second-order valence-electron chi connectivity index (χ2n) is 6.59. The third-order valence-electron chi connectivity index (χ3n) is 4.28. The van der Waals surface area contributed by atoms with Gasteiger partial charge in [-0.25, -0.2) is 0 Å². The molecule has 3 rings (SSSR count). The van der Waals surface area contributed by atoms with Gasteiger partial charge in [-0.2, -0.15) is 4.80 Å². The van der Waals surface area contributed by atoms with E-state index < -0.39 is 7.12 Å². The first kappa shape index (κ1) is 18.3. The number of benzene rings is 2. The van der Waals surface area contributed by atoms with E-state index in [0.29, 0.717) is 16.9 Å². The lowest BCUT2D eigenvalue weighted by Gasteiger charge is -2.14. The van der Waals surface area contributed by atoms with Crippen molar-refractivity contribution < 1.29 is 9.68 Å². The number of aromatic nitrogens is 4. The lowest BCUT2D eigenvalue weighted by Crippen LogP contribution is -2.37. The third kappa shape index (κ3) is 3.84. The van der Waals surface area contributed by atoms with E-state index in [2.05, 4.69) is 34.5 Å². The highest BCUT2D eigenvalue weighted by atomic mass is 16.5. The second kappa shape index (κ2) is 7.80. The minimum Gasteiger partial charge on any atom is -0.423 e. The molecular formula is C19H23BN4O2. The summed E-state index contributed by atoms with van der Waals surface area (Å²) in [6.07, 6.45) is -0.0947. The van der Waals surface area contributed by atoms with Crippen molar-refractivity contribution in [1.82, 2.24) is 20.2 Å². The Balaban J connectivity index is 1.92. The Bertz CT molecular complexity index is 881. The first-order chi connectivity index (χ1) is 12.5. The molecule has 3 aromatic rings. The van der Waals surface area contributed by atoms with Crippen LogP contribution in [0.3, 0.4) is 0 Å². The number of hydrogen-bond acceptors (Lipinski definition) is 5. The molecule has 0 fully saturated rings. The van der Waals surface area contributed by atoms with Crippen molar-refractivity contribution in [3.63, 3.8) is 0 Å². The predicted octanol–water partition coefficient (Wildman–Crippen LogP) is 2.37. The van der Waals surface area contributed by atoms with Crippen LogP contribution in [0.4, 0.5) is 0 Å². The van der Waals surface area contributed by atoms with E-state index in [1.807, 2.05) is 57.2 Å². The molecule has 0 saturated heterocycles. The number of rotatable bonds is 6. The van der Waals surface area contributed by atoms with Gasteiger partial charge >= 0.3 is 7.12 Å². The normalized spacial score (nSPS) is 12.4. The van der Waals surface area contributed by atoms with Crippen molar-refractivity contribution in [2.75, 3.05) is 0 Å². The summed E-state index contributed by atoms with van der Waals surface area (Å²) in [5.74, 6) is 0.465. The van der Waals surface area contributed by atoms with Crippen LogP contribution in [0.2, 0.25) is 0 Å². The molecule has 0 saturated carbocycles. The van der Waals surface area contributed by atoms with Crippen LogP contribution in [-0.2, 0) is 4.65 Å². The van der Waals surface area contributed by atoms with Gasteiger partial charge in [-0.3, -0.25) is 0 Å². The van der Waals surface area contributed by atoms with Crippen molar-refractivity contribution in [1.29, 1.82) is 0 Å². The van der Waals surface area contributed by atoms with Crippen molar-refractivity contribution in [3.05, 3.63) is 59.7 Å². The van der Waals surface area contributed by atoms with E-state index in [-0.39, 0.29) is 12.1 Å². The Morgan fingerprint density at radius 2 is 1.73 bits per heavy atom. The molecule has 7 heteroatoms.